The van der Waals surface area contributed by atoms with Crippen LogP contribution in [-0.4, -0.2) is 76.7 Å². The molecule has 7 rings (SSSR count). The second-order valence-electron chi connectivity index (χ2n) is 10.6. The van der Waals surface area contributed by atoms with Crippen LogP contribution in [0.15, 0.2) is 40.2 Å². The maximum Gasteiger partial charge on any atom is 0.414 e. The minimum Gasteiger partial charge on any atom is -0.477 e. The van der Waals surface area contributed by atoms with Crippen LogP contribution in [0, 0.1) is 5.82 Å². The van der Waals surface area contributed by atoms with Gasteiger partial charge < -0.3 is 29.9 Å². The Bertz CT molecular complexity index is 1690. The molecule has 1 saturated carbocycles. The molecule has 41 heavy (non-hydrogen) atoms. The highest BCUT2D eigenvalue weighted by Gasteiger charge is 2.36. The number of rotatable bonds is 7. The van der Waals surface area contributed by atoms with E-state index in [1.54, 1.807) is 15.5 Å². The summed E-state index contributed by atoms with van der Waals surface area (Å²) in [5.74, 6) is -1.63. The summed E-state index contributed by atoms with van der Waals surface area (Å²) in [6.45, 7) is 1.68. The minimum atomic E-state index is -1.35. The van der Waals surface area contributed by atoms with Crippen LogP contribution in [0.3, 0.4) is 0 Å². The zero-order chi connectivity index (χ0) is 28.4. The van der Waals surface area contributed by atoms with Crippen molar-refractivity contribution in [1.82, 2.24) is 14.9 Å². The van der Waals surface area contributed by atoms with E-state index < -0.39 is 28.9 Å². The van der Waals surface area contributed by atoms with Crippen LogP contribution in [0.1, 0.15) is 29.2 Å². The van der Waals surface area contributed by atoms with Crippen molar-refractivity contribution in [1.29, 1.82) is 0 Å². The third-order valence-electron chi connectivity index (χ3n) is 7.71. The van der Waals surface area contributed by atoms with Gasteiger partial charge in [0.25, 0.3) is 0 Å². The normalized spacial score (nSPS) is 20.6. The van der Waals surface area contributed by atoms with Crippen molar-refractivity contribution >= 4 is 58.0 Å². The van der Waals surface area contributed by atoms with Crippen LogP contribution >= 0.6 is 11.8 Å². The Labute approximate surface area is 236 Å². The second kappa shape index (κ2) is 9.73. The summed E-state index contributed by atoms with van der Waals surface area (Å²) < 4.78 is 22.3. The summed E-state index contributed by atoms with van der Waals surface area (Å²) in [5, 5.41) is 15.6. The van der Waals surface area contributed by atoms with Crippen molar-refractivity contribution in [2.45, 2.75) is 35.9 Å². The van der Waals surface area contributed by atoms with Gasteiger partial charge in [-0.05, 0) is 37.1 Å². The van der Waals surface area contributed by atoms with Crippen LogP contribution in [0.25, 0.3) is 11.0 Å². The molecule has 0 spiro atoms. The van der Waals surface area contributed by atoms with Crippen LogP contribution < -0.4 is 25.9 Å². The summed E-state index contributed by atoms with van der Waals surface area (Å²) in [6.07, 6.45) is 2.14. The summed E-state index contributed by atoms with van der Waals surface area (Å²) in [4.78, 5) is 57.2. The molecule has 1 aromatic carbocycles. The molecule has 212 valence electrons. The minimum absolute atomic E-state index is 0.00985. The molecule has 14 heteroatoms. The molecule has 1 aliphatic carbocycles. The maximum atomic E-state index is 15.1. The standard InChI is InChI=1S/C27H25FN6O6S/c28-19-6-17-23(36)18(26(37)38)11-33(14-1-2-14)24(17)31-25(19)32-8-13(9-32)29-7-16-10-34(27(39)40-16)15-3-4-21-20(5-15)30-22(35)12-41-21/h3-6,11,13-14,16,29H,1-2,7-10,12H2,(H,30,35)(H,37,38). The molecule has 2 amide bonds. The molecule has 1 unspecified atom stereocenters. The van der Waals surface area contributed by atoms with Gasteiger partial charge in [0.05, 0.1) is 23.4 Å². The van der Waals surface area contributed by atoms with Gasteiger partial charge in [-0.2, -0.15) is 0 Å². The monoisotopic (exact) mass is 580 g/mol. The molecule has 2 aromatic heterocycles. The van der Waals surface area contributed by atoms with Crippen LogP contribution in [0.4, 0.5) is 26.4 Å². The number of pyridine rings is 2. The van der Waals surface area contributed by atoms with Gasteiger partial charge in [0, 0.05) is 48.5 Å². The van der Waals surface area contributed by atoms with Crippen molar-refractivity contribution in [3.05, 3.63) is 52.1 Å². The predicted octanol–water partition coefficient (Wildman–Crippen LogP) is 2.42. The highest BCUT2D eigenvalue weighted by molar-refractivity contribution is 8.00. The van der Waals surface area contributed by atoms with Gasteiger partial charge in [-0.3, -0.25) is 14.5 Å². The average Bonchev–Trinajstić information content (AvgIpc) is 3.69. The van der Waals surface area contributed by atoms with Gasteiger partial charge in [-0.25, -0.2) is 19.0 Å². The van der Waals surface area contributed by atoms with Crippen molar-refractivity contribution in [3.8, 4) is 0 Å². The van der Waals surface area contributed by atoms with E-state index in [1.165, 1.54) is 22.9 Å². The highest BCUT2D eigenvalue weighted by atomic mass is 32.2. The Hall–Kier alpha value is -4.17. The van der Waals surface area contributed by atoms with Gasteiger partial charge in [0.15, 0.2) is 11.6 Å². The number of nitrogens with one attached hydrogen (secondary N) is 2. The Morgan fingerprint density at radius 3 is 2.76 bits per heavy atom. The lowest BCUT2D eigenvalue weighted by atomic mass is 10.1. The fraction of sp³-hybridized carbons (Fsp3) is 0.370. The number of ether oxygens (including phenoxy) is 1. The molecule has 3 aromatic rings. The average molecular weight is 581 g/mol. The molecule has 2 saturated heterocycles. The van der Waals surface area contributed by atoms with Gasteiger partial charge >= 0.3 is 12.1 Å². The molecule has 0 bridgehead atoms. The van der Waals surface area contributed by atoms with E-state index in [9.17, 15) is 24.3 Å². The first-order valence-corrected chi connectivity index (χ1v) is 14.3. The molecular weight excluding hydrogens is 555 g/mol. The lowest BCUT2D eigenvalue weighted by Crippen LogP contribution is -2.59. The first kappa shape index (κ1) is 25.8. The summed E-state index contributed by atoms with van der Waals surface area (Å²) in [6, 6.07) is 6.63. The lowest BCUT2D eigenvalue weighted by Gasteiger charge is -2.41. The molecule has 5 heterocycles. The fourth-order valence-corrected chi connectivity index (χ4v) is 6.19. The number of carbonyl (C=O) groups excluding carboxylic acids is 2. The third-order valence-corrected chi connectivity index (χ3v) is 8.78. The number of carboxylic acid groups (broad SMARTS) is 1. The number of anilines is 3. The smallest absolute Gasteiger partial charge is 0.414 e. The van der Waals surface area contributed by atoms with Crippen LogP contribution in [0.5, 0.6) is 0 Å². The van der Waals surface area contributed by atoms with E-state index in [2.05, 4.69) is 15.6 Å². The van der Waals surface area contributed by atoms with E-state index in [-0.39, 0.29) is 40.9 Å². The Morgan fingerprint density at radius 1 is 1.20 bits per heavy atom. The number of thioether (sulfide) groups is 1. The van der Waals surface area contributed by atoms with Gasteiger partial charge in [-0.1, -0.05) is 0 Å². The number of nitrogens with zero attached hydrogens (tertiary/aromatic N) is 4. The summed E-state index contributed by atoms with van der Waals surface area (Å²) in [5.41, 5.74) is 0.471. The van der Waals surface area contributed by atoms with Gasteiger partial charge in [0.1, 0.15) is 17.3 Å². The number of hydrogen-bond acceptors (Lipinski definition) is 9. The number of amides is 2. The second-order valence-corrected chi connectivity index (χ2v) is 11.6. The Kier molecular flexibility index (Phi) is 6.12. The van der Waals surface area contributed by atoms with E-state index in [4.69, 9.17) is 4.74 Å². The molecule has 0 radical (unpaired) electrons. The van der Waals surface area contributed by atoms with Crippen molar-refractivity contribution in [2.24, 2.45) is 0 Å². The number of fused-ring (bicyclic) bond motifs is 2. The number of carboxylic acids is 1. The summed E-state index contributed by atoms with van der Waals surface area (Å²) in [7, 11) is 0. The number of hydrogen-bond donors (Lipinski definition) is 3. The number of halogens is 1. The molecular formula is C27H25FN6O6S. The number of aromatic carboxylic acids is 1. The van der Waals surface area contributed by atoms with E-state index in [0.29, 0.717) is 43.3 Å². The van der Waals surface area contributed by atoms with Gasteiger partial charge in [0.2, 0.25) is 11.3 Å². The molecule has 12 nitrogen and oxygen atoms in total. The van der Waals surface area contributed by atoms with Crippen molar-refractivity contribution in [3.63, 3.8) is 0 Å². The highest BCUT2D eigenvalue weighted by Crippen LogP contribution is 2.38. The number of cyclic esters (lactones) is 1. The van der Waals surface area contributed by atoms with Crippen LogP contribution in [0.2, 0.25) is 0 Å². The zero-order valence-corrected chi connectivity index (χ0v) is 22.4. The van der Waals surface area contributed by atoms with Crippen molar-refractivity contribution < 1.29 is 28.6 Å². The van der Waals surface area contributed by atoms with Gasteiger partial charge in [-0.15, -0.1) is 11.8 Å². The fourth-order valence-electron chi connectivity index (χ4n) is 5.40. The Morgan fingerprint density at radius 2 is 2.00 bits per heavy atom. The van der Waals surface area contributed by atoms with E-state index in [0.717, 1.165) is 23.8 Å². The lowest BCUT2D eigenvalue weighted by molar-refractivity contribution is -0.113. The molecule has 3 aliphatic heterocycles. The number of carbonyl (C=O) groups is 3. The van der Waals surface area contributed by atoms with Crippen molar-refractivity contribution in [2.75, 3.05) is 47.0 Å². The van der Waals surface area contributed by atoms with Crippen LogP contribution in [-0.2, 0) is 9.53 Å². The van der Waals surface area contributed by atoms with E-state index in [1.807, 2.05) is 12.1 Å². The molecule has 4 aliphatic rings. The zero-order valence-electron chi connectivity index (χ0n) is 21.6. The topological polar surface area (TPSA) is 146 Å². The quantitative estimate of drug-likeness (QED) is 0.381. The number of benzene rings is 1. The molecule has 1 atom stereocenters. The molecule has 3 fully saturated rings. The Balaban J connectivity index is 0.997. The maximum absolute atomic E-state index is 15.1. The van der Waals surface area contributed by atoms with E-state index >= 15 is 4.39 Å². The molecule has 3 N–H and O–H groups in total. The summed E-state index contributed by atoms with van der Waals surface area (Å²) >= 11 is 1.45. The number of aromatic nitrogens is 2. The predicted molar refractivity (Wildman–Crippen MR) is 149 cm³/mol. The first-order valence-electron chi connectivity index (χ1n) is 13.3. The third kappa shape index (κ3) is 4.66. The SMILES string of the molecule is O=C1CSc2ccc(N3CC(CNC4CN(c5nc6c(cc5F)c(=O)c(C(=O)O)cn6C5CC5)C4)OC3=O)cc2N1. The largest absolute Gasteiger partial charge is 0.477 e. The first-order chi connectivity index (χ1) is 19.7.